The second kappa shape index (κ2) is 9.03. The topological polar surface area (TPSA) is 122 Å². The molecule has 1 aromatic carbocycles. The number of nitro groups is 1. The second-order valence-electron chi connectivity index (χ2n) is 5.72. The van der Waals surface area contributed by atoms with Gasteiger partial charge in [-0.05, 0) is 25.0 Å². The van der Waals surface area contributed by atoms with Gasteiger partial charge in [0.1, 0.15) is 5.54 Å². The minimum atomic E-state index is -1.03. The summed E-state index contributed by atoms with van der Waals surface area (Å²) in [5.41, 5.74) is -1.06. The Labute approximate surface area is 149 Å². The molecule has 0 fully saturated rings. The smallest absolute Gasteiger partial charge is 0.316 e. The highest BCUT2D eigenvalue weighted by Crippen LogP contribution is 2.21. The predicted octanol–water partition coefficient (Wildman–Crippen LogP) is 2.28. The number of esters is 1. The number of carbonyl (C=O) groups is 2. The van der Waals surface area contributed by atoms with Crippen LogP contribution in [0.1, 0.15) is 20.8 Å². The average molecular weight is 365 g/mol. The van der Waals surface area contributed by atoms with Crippen molar-refractivity contribution in [2.24, 2.45) is 5.92 Å². The van der Waals surface area contributed by atoms with Gasteiger partial charge in [0.05, 0.1) is 16.7 Å². The van der Waals surface area contributed by atoms with E-state index in [1.165, 1.54) is 24.3 Å². The van der Waals surface area contributed by atoms with E-state index in [0.717, 1.165) is 11.8 Å². The molecule has 0 aliphatic rings. The van der Waals surface area contributed by atoms with Crippen molar-refractivity contribution in [2.45, 2.75) is 31.2 Å². The zero-order chi connectivity index (χ0) is 19.0. The maximum Gasteiger partial charge on any atom is 0.316 e. The van der Waals surface area contributed by atoms with Crippen molar-refractivity contribution in [2.75, 3.05) is 12.4 Å². The lowest BCUT2D eigenvalue weighted by Gasteiger charge is -2.27. The SMILES string of the molecule is CC(C)[C@@](C)(C#N)NC(=O)COC(=O)CSc1ccc([N+](=O)[O-])cc1. The minimum absolute atomic E-state index is 0.0331. The molecular weight excluding hydrogens is 346 g/mol. The Hall–Kier alpha value is -2.60. The number of amides is 1. The molecule has 0 heterocycles. The van der Waals surface area contributed by atoms with E-state index < -0.39 is 28.9 Å². The van der Waals surface area contributed by atoms with Crippen LogP contribution in [0.15, 0.2) is 29.2 Å². The number of hydrogen-bond acceptors (Lipinski definition) is 7. The number of hydrogen-bond donors (Lipinski definition) is 1. The summed E-state index contributed by atoms with van der Waals surface area (Å²) in [5.74, 6) is -1.28. The number of nitrogens with one attached hydrogen (secondary N) is 1. The monoisotopic (exact) mass is 365 g/mol. The number of carbonyl (C=O) groups excluding carboxylic acids is 2. The number of nitriles is 1. The van der Waals surface area contributed by atoms with E-state index in [-0.39, 0.29) is 17.4 Å². The van der Waals surface area contributed by atoms with Crippen molar-refractivity contribution in [1.29, 1.82) is 5.26 Å². The van der Waals surface area contributed by atoms with Crippen molar-refractivity contribution in [1.82, 2.24) is 5.32 Å². The summed E-state index contributed by atoms with van der Waals surface area (Å²) in [6.45, 7) is 4.73. The van der Waals surface area contributed by atoms with Gasteiger partial charge in [0.15, 0.2) is 6.61 Å². The molecule has 0 aliphatic carbocycles. The van der Waals surface area contributed by atoms with Crippen LogP contribution in [0.25, 0.3) is 0 Å². The molecule has 1 rings (SSSR count). The van der Waals surface area contributed by atoms with Gasteiger partial charge < -0.3 is 10.1 Å². The third kappa shape index (κ3) is 6.43. The van der Waals surface area contributed by atoms with Crippen LogP contribution in [-0.2, 0) is 14.3 Å². The van der Waals surface area contributed by atoms with Crippen LogP contribution in [0.4, 0.5) is 5.69 Å². The number of nitro benzene ring substituents is 1. The summed E-state index contributed by atoms with van der Waals surface area (Å²) >= 11 is 1.14. The molecule has 1 atom stereocenters. The predicted molar refractivity (Wildman–Crippen MR) is 91.8 cm³/mol. The molecule has 1 N–H and O–H groups in total. The van der Waals surface area contributed by atoms with Crippen molar-refractivity contribution in [3.63, 3.8) is 0 Å². The number of benzene rings is 1. The fourth-order valence-electron chi connectivity index (χ4n) is 1.62. The Morgan fingerprint density at radius 2 is 2.00 bits per heavy atom. The molecule has 1 aromatic rings. The summed E-state index contributed by atoms with van der Waals surface area (Å²) in [6, 6.07) is 7.78. The van der Waals surface area contributed by atoms with Gasteiger partial charge in [0.2, 0.25) is 0 Å². The molecular formula is C16H19N3O5S. The summed E-state index contributed by atoms with van der Waals surface area (Å²) in [4.78, 5) is 34.2. The van der Waals surface area contributed by atoms with Crippen molar-refractivity contribution < 1.29 is 19.2 Å². The Morgan fingerprint density at radius 3 is 2.48 bits per heavy atom. The van der Waals surface area contributed by atoms with Crippen LogP contribution in [0.2, 0.25) is 0 Å². The van der Waals surface area contributed by atoms with Gasteiger partial charge >= 0.3 is 5.97 Å². The van der Waals surface area contributed by atoms with Gasteiger partial charge in [-0.1, -0.05) is 13.8 Å². The third-order valence-corrected chi connectivity index (χ3v) is 4.54. The highest BCUT2D eigenvalue weighted by atomic mass is 32.2. The Morgan fingerprint density at radius 1 is 1.40 bits per heavy atom. The Kier molecular flexibility index (Phi) is 7.39. The van der Waals surface area contributed by atoms with E-state index in [2.05, 4.69) is 5.32 Å². The maximum absolute atomic E-state index is 11.8. The lowest BCUT2D eigenvalue weighted by Crippen LogP contribution is -2.50. The zero-order valence-corrected chi connectivity index (χ0v) is 15.0. The van der Waals surface area contributed by atoms with E-state index in [1.54, 1.807) is 20.8 Å². The summed E-state index contributed by atoms with van der Waals surface area (Å²) < 4.78 is 4.87. The zero-order valence-electron chi connectivity index (χ0n) is 14.1. The quantitative estimate of drug-likeness (QED) is 0.324. The van der Waals surface area contributed by atoms with E-state index in [4.69, 9.17) is 10.00 Å². The van der Waals surface area contributed by atoms with Crippen LogP contribution in [-0.4, -0.2) is 34.7 Å². The molecule has 0 saturated heterocycles. The lowest BCUT2D eigenvalue weighted by atomic mass is 9.90. The molecule has 0 radical (unpaired) electrons. The largest absolute Gasteiger partial charge is 0.455 e. The molecule has 8 nitrogen and oxygen atoms in total. The molecule has 0 spiro atoms. The molecule has 134 valence electrons. The molecule has 0 bridgehead atoms. The number of nitrogens with zero attached hydrogens (tertiary/aromatic N) is 2. The molecule has 25 heavy (non-hydrogen) atoms. The number of thioether (sulfide) groups is 1. The van der Waals surface area contributed by atoms with Crippen molar-refractivity contribution in [3.8, 4) is 6.07 Å². The summed E-state index contributed by atoms with van der Waals surface area (Å²) in [5, 5.41) is 22.2. The van der Waals surface area contributed by atoms with Gasteiger partial charge in [0, 0.05) is 17.0 Å². The molecule has 0 saturated carbocycles. The van der Waals surface area contributed by atoms with Gasteiger partial charge in [-0.15, -0.1) is 11.8 Å². The van der Waals surface area contributed by atoms with Crippen molar-refractivity contribution >= 4 is 29.3 Å². The summed E-state index contributed by atoms with van der Waals surface area (Å²) in [7, 11) is 0. The van der Waals surface area contributed by atoms with Crippen LogP contribution >= 0.6 is 11.8 Å². The van der Waals surface area contributed by atoms with E-state index >= 15 is 0 Å². The third-order valence-electron chi connectivity index (χ3n) is 3.55. The molecule has 0 unspecified atom stereocenters. The van der Waals surface area contributed by atoms with Gasteiger partial charge in [-0.3, -0.25) is 19.7 Å². The first-order valence-electron chi connectivity index (χ1n) is 7.43. The summed E-state index contributed by atoms with van der Waals surface area (Å²) in [6.07, 6.45) is 0. The maximum atomic E-state index is 11.8. The standard InChI is InChI=1S/C16H19N3O5S/c1-11(2)16(3,10-17)18-14(20)8-24-15(21)9-25-13-6-4-12(5-7-13)19(22)23/h4-7,11H,8-9H2,1-3H3,(H,18,20)/t16-/m1/s1. The number of ether oxygens (including phenoxy) is 1. The number of rotatable bonds is 8. The normalized spacial score (nSPS) is 12.8. The number of non-ortho nitro benzene ring substituents is 1. The molecule has 0 aromatic heterocycles. The fraction of sp³-hybridized carbons (Fsp3) is 0.438. The Balaban J connectivity index is 2.41. The second-order valence-corrected chi connectivity index (χ2v) is 6.77. The lowest BCUT2D eigenvalue weighted by molar-refractivity contribution is -0.384. The first-order valence-corrected chi connectivity index (χ1v) is 8.41. The van der Waals surface area contributed by atoms with Gasteiger partial charge in [0.25, 0.3) is 11.6 Å². The van der Waals surface area contributed by atoms with Gasteiger partial charge in [-0.2, -0.15) is 5.26 Å². The molecule has 9 heteroatoms. The van der Waals surface area contributed by atoms with Crippen LogP contribution in [0.3, 0.4) is 0 Å². The minimum Gasteiger partial charge on any atom is -0.455 e. The van der Waals surface area contributed by atoms with Crippen LogP contribution in [0, 0.1) is 27.4 Å². The van der Waals surface area contributed by atoms with E-state index in [1.807, 2.05) is 6.07 Å². The molecule has 1 amide bonds. The molecule has 0 aliphatic heterocycles. The van der Waals surface area contributed by atoms with Crippen LogP contribution in [0.5, 0.6) is 0 Å². The van der Waals surface area contributed by atoms with E-state index in [0.29, 0.717) is 4.90 Å². The van der Waals surface area contributed by atoms with Crippen molar-refractivity contribution in [3.05, 3.63) is 34.4 Å². The highest BCUT2D eigenvalue weighted by molar-refractivity contribution is 8.00. The first kappa shape index (κ1) is 20.4. The van der Waals surface area contributed by atoms with E-state index in [9.17, 15) is 19.7 Å². The average Bonchev–Trinajstić information content (AvgIpc) is 2.58. The van der Waals surface area contributed by atoms with Gasteiger partial charge in [-0.25, -0.2) is 0 Å². The Bertz CT molecular complexity index is 684. The highest BCUT2D eigenvalue weighted by Gasteiger charge is 2.30. The van der Waals surface area contributed by atoms with Crippen LogP contribution < -0.4 is 5.32 Å². The fourth-order valence-corrected chi connectivity index (χ4v) is 2.32. The first-order chi connectivity index (χ1) is 11.7.